The molecule has 0 bridgehead atoms. The summed E-state index contributed by atoms with van der Waals surface area (Å²) in [5.41, 5.74) is 2.39. The van der Waals surface area contributed by atoms with E-state index >= 15 is 0 Å². The van der Waals surface area contributed by atoms with Crippen LogP contribution in [0.25, 0.3) is 0 Å². The van der Waals surface area contributed by atoms with Gasteiger partial charge in [-0.15, -0.1) is 0 Å². The zero-order valence-corrected chi connectivity index (χ0v) is 16.9. The Morgan fingerprint density at radius 3 is 2.30 bits per heavy atom. The molecule has 2 aliphatic rings. The molecular formula is C22H25ClO7. The minimum absolute atomic E-state index is 0.125. The first-order valence-electron chi connectivity index (χ1n) is 9.90. The van der Waals surface area contributed by atoms with Gasteiger partial charge in [-0.2, -0.15) is 0 Å². The lowest BCUT2D eigenvalue weighted by Gasteiger charge is -2.40. The number of hydrogen-bond acceptors (Lipinski definition) is 7. The fourth-order valence-electron chi connectivity index (χ4n) is 3.65. The first-order valence-corrected chi connectivity index (χ1v) is 10.3. The van der Waals surface area contributed by atoms with Gasteiger partial charge in [-0.3, -0.25) is 0 Å². The van der Waals surface area contributed by atoms with Crippen molar-refractivity contribution in [3.05, 3.63) is 64.2 Å². The highest BCUT2D eigenvalue weighted by Gasteiger charge is 2.44. The van der Waals surface area contributed by atoms with Crippen molar-refractivity contribution < 1.29 is 35.0 Å². The highest BCUT2D eigenvalue weighted by molar-refractivity contribution is 6.31. The number of benzene rings is 2. The van der Waals surface area contributed by atoms with E-state index in [1.165, 1.54) is 0 Å². The molecule has 3 unspecified atom stereocenters. The van der Waals surface area contributed by atoms with Crippen LogP contribution in [0.1, 0.15) is 29.2 Å². The molecule has 2 fully saturated rings. The number of hydrogen-bond donors (Lipinski definition) is 5. The summed E-state index contributed by atoms with van der Waals surface area (Å²) in [5.74, 6) is 0.696. The second-order valence-electron chi connectivity index (χ2n) is 7.88. The summed E-state index contributed by atoms with van der Waals surface area (Å²) in [6, 6.07) is 12.7. The van der Waals surface area contributed by atoms with Gasteiger partial charge in [0, 0.05) is 11.4 Å². The maximum Gasteiger partial charge on any atom is 0.127 e. The Kier molecular flexibility index (Phi) is 6.31. The monoisotopic (exact) mass is 436 g/mol. The Hall–Kier alpha value is -1.71. The van der Waals surface area contributed by atoms with E-state index in [4.69, 9.17) is 21.1 Å². The molecule has 7 nitrogen and oxygen atoms in total. The molecule has 0 aromatic heterocycles. The van der Waals surface area contributed by atoms with Crippen LogP contribution in [0.5, 0.6) is 5.75 Å². The van der Waals surface area contributed by atoms with Crippen LogP contribution in [-0.4, -0.2) is 68.8 Å². The van der Waals surface area contributed by atoms with Gasteiger partial charge in [0.15, 0.2) is 0 Å². The molecule has 0 amide bonds. The standard InChI is InChI=1S/C22H25ClO7/c23-15-6-3-12(22-21(28)20(27)19(26)18(10-24)30-22)8-13(15)7-11-1-4-14(5-2-11)29-17-9-16(17)25/h1-6,8,16-22,24-28H,7,9-10H2/t16?,17?,18-,19-,20?,21-,22+/m1/s1. The van der Waals surface area contributed by atoms with Crippen LogP contribution in [-0.2, 0) is 11.2 Å². The molecule has 0 radical (unpaired) electrons. The van der Waals surface area contributed by atoms with Crippen LogP contribution in [0.3, 0.4) is 0 Å². The van der Waals surface area contributed by atoms with Gasteiger partial charge >= 0.3 is 0 Å². The summed E-state index contributed by atoms with van der Waals surface area (Å²) in [7, 11) is 0. The number of rotatable bonds is 6. The first-order chi connectivity index (χ1) is 14.4. The van der Waals surface area contributed by atoms with E-state index in [2.05, 4.69) is 0 Å². The molecule has 2 aromatic rings. The molecule has 4 rings (SSSR count). The van der Waals surface area contributed by atoms with Crippen LogP contribution < -0.4 is 4.74 Å². The number of ether oxygens (including phenoxy) is 2. The lowest BCUT2D eigenvalue weighted by Crippen LogP contribution is -2.55. The van der Waals surface area contributed by atoms with E-state index in [0.717, 1.165) is 11.1 Å². The molecular weight excluding hydrogens is 412 g/mol. The van der Waals surface area contributed by atoms with Crippen LogP contribution in [0.2, 0.25) is 5.02 Å². The summed E-state index contributed by atoms with van der Waals surface area (Å²) in [6.45, 7) is -0.478. The molecule has 1 saturated heterocycles. The normalized spacial score (nSPS) is 33.3. The van der Waals surface area contributed by atoms with Gasteiger partial charge < -0.3 is 35.0 Å². The van der Waals surface area contributed by atoms with E-state index in [9.17, 15) is 25.5 Å². The van der Waals surface area contributed by atoms with E-state index in [-0.39, 0.29) is 12.2 Å². The average molecular weight is 437 g/mol. The topological polar surface area (TPSA) is 120 Å². The fourth-order valence-corrected chi connectivity index (χ4v) is 3.84. The van der Waals surface area contributed by atoms with Gasteiger partial charge in [-0.25, -0.2) is 0 Å². The first kappa shape index (κ1) is 21.5. The number of aliphatic hydroxyl groups excluding tert-OH is 5. The molecule has 1 heterocycles. The van der Waals surface area contributed by atoms with Gasteiger partial charge in [0.05, 0.1) is 12.7 Å². The zero-order chi connectivity index (χ0) is 21.4. The average Bonchev–Trinajstić information content (AvgIpc) is 3.44. The van der Waals surface area contributed by atoms with Crippen molar-refractivity contribution in [2.45, 2.75) is 55.6 Å². The second kappa shape index (κ2) is 8.80. The van der Waals surface area contributed by atoms with E-state index in [0.29, 0.717) is 29.2 Å². The van der Waals surface area contributed by atoms with Crippen molar-refractivity contribution in [2.75, 3.05) is 6.61 Å². The van der Waals surface area contributed by atoms with E-state index in [1.54, 1.807) is 18.2 Å². The van der Waals surface area contributed by atoms with Crippen molar-refractivity contribution in [3.63, 3.8) is 0 Å². The summed E-state index contributed by atoms with van der Waals surface area (Å²) < 4.78 is 11.3. The molecule has 1 aliphatic carbocycles. The van der Waals surface area contributed by atoms with Crippen LogP contribution in [0.15, 0.2) is 42.5 Å². The lowest BCUT2D eigenvalue weighted by atomic mass is 9.90. The van der Waals surface area contributed by atoms with Crippen molar-refractivity contribution in [2.24, 2.45) is 0 Å². The minimum atomic E-state index is -1.43. The Morgan fingerprint density at radius 2 is 1.67 bits per heavy atom. The zero-order valence-electron chi connectivity index (χ0n) is 16.1. The van der Waals surface area contributed by atoms with Gasteiger partial charge in [-0.1, -0.05) is 35.9 Å². The Balaban J connectivity index is 1.50. The van der Waals surface area contributed by atoms with Crippen molar-refractivity contribution in [3.8, 4) is 5.75 Å². The second-order valence-corrected chi connectivity index (χ2v) is 8.29. The molecule has 1 aliphatic heterocycles. The highest BCUT2D eigenvalue weighted by atomic mass is 35.5. The predicted octanol–water partition coefficient (Wildman–Crippen LogP) is 0.958. The molecule has 30 heavy (non-hydrogen) atoms. The van der Waals surface area contributed by atoms with Crippen LogP contribution in [0, 0.1) is 0 Å². The van der Waals surface area contributed by atoms with Gasteiger partial charge in [0.2, 0.25) is 0 Å². The SMILES string of the molecule is OC[C@H]1O[C@@H](c2ccc(Cl)c(Cc3ccc(OC4CC4O)cc3)c2)[C@H](O)C(O)[C@@H]1O. The summed E-state index contributed by atoms with van der Waals surface area (Å²) in [6.07, 6.45) is -5.37. The van der Waals surface area contributed by atoms with Crippen molar-refractivity contribution in [1.29, 1.82) is 0 Å². The van der Waals surface area contributed by atoms with Crippen LogP contribution in [0.4, 0.5) is 0 Å². The van der Waals surface area contributed by atoms with Gasteiger partial charge in [-0.05, 0) is 41.3 Å². The quantitative estimate of drug-likeness (QED) is 0.457. The Labute approximate surface area is 179 Å². The number of halogens is 1. The van der Waals surface area contributed by atoms with E-state index in [1.807, 2.05) is 24.3 Å². The van der Waals surface area contributed by atoms with Crippen molar-refractivity contribution in [1.82, 2.24) is 0 Å². The van der Waals surface area contributed by atoms with Gasteiger partial charge in [0.1, 0.15) is 42.4 Å². The predicted molar refractivity (Wildman–Crippen MR) is 108 cm³/mol. The lowest BCUT2D eigenvalue weighted by molar-refractivity contribution is -0.231. The minimum Gasteiger partial charge on any atom is -0.488 e. The maximum absolute atomic E-state index is 10.4. The third kappa shape index (κ3) is 4.48. The van der Waals surface area contributed by atoms with Gasteiger partial charge in [0.25, 0.3) is 0 Å². The molecule has 1 saturated carbocycles. The summed E-state index contributed by atoms with van der Waals surface area (Å²) in [4.78, 5) is 0. The molecule has 8 heteroatoms. The molecule has 7 atom stereocenters. The smallest absolute Gasteiger partial charge is 0.127 e. The maximum atomic E-state index is 10.4. The third-order valence-electron chi connectivity index (χ3n) is 5.60. The summed E-state index contributed by atoms with van der Waals surface area (Å²) in [5, 5.41) is 49.7. The van der Waals surface area contributed by atoms with Crippen molar-refractivity contribution >= 4 is 11.6 Å². The fraction of sp³-hybridized carbons (Fsp3) is 0.455. The number of aliphatic hydroxyl groups is 5. The van der Waals surface area contributed by atoms with E-state index < -0.39 is 37.1 Å². The Morgan fingerprint density at radius 1 is 0.967 bits per heavy atom. The molecule has 162 valence electrons. The summed E-state index contributed by atoms with van der Waals surface area (Å²) >= 11 is 6.37. The largest absolute Gasteiger partial charge is 0.488 e. The molecule has 2 aromatic carbocycles. The third-order valence-corrected chi connectivity index (χ3v) is 5.96. The highest BCUT2D eigenvalue weighted by Crippen LogP contribution is 2.34. The molecule has 5 N–H and O–H groups in total. The Bertz CT molecular complexity index is 872. The van der Waals surface area contributed by atoms with Crippen LogP contribution >= 0.6 is 11.6 Å². The molecule has 0 spiro atoms.